The van der Waals surface area contributed by atoms with E-state index in [9.17, 15) is 4.79 Å². The molecule has 0 radical (unpaired) electrons. The van der Waals surface area contributed by atoms with E-state index in [2.05, 4.69) is 10.3 Å². The minimum Gasteiger partial charge on any atom is -0.497 e. The predicted octanol–water partition coefficient (Wildman–Crippen LogP) is 5.12. The van der Waals surface area contributed by atoms with Gasteiger partial charge in [0.05, 0.1) is 12.8 Å². The summed E-state index contributed by atoms with van der Waals surface area (Å²) in [4.78, 5) is 16.4. The van der Waals surface area contributed by atoms with Gasteiger partial charge in [0.2, 0.25) is 5.91 Å². The van der Waals surface area contributed by atoms with Gasteiger partial charge < -0.3 is 4.74 Å². The lowest BCUT2D eigenvalue weighted by Crippen LogP contribution is -2.07. The quantitative estimate of drug-likeness (QED) is 0.634. The van der Waals surface area contributed by atoms with Crippen molar-refractivity contribution in [2.45, 2.75) is 0 Å². The summed E-state index contributed by atoms with van der Waals surface area (Å²) in [6.07, 6.45) is 3.22. The second-order valence-electron chi connectivity index (χ2n) is 5.14. The fourth-order valence-corrected chi connectivity index (χ4v) is 2.97. The molecule has 1 N–H and O–H groups in total. The molecule has 6 heteroatoms. The third kappa shape index (κ3) is 4.68. The monoisotopic (exact) mass is 370 g/mol. The van der Waals surface area contributed by atoms with Crippen LogP contribution in [0.4, 0.5) is 5.13 Å². The van der Waals surface area contributed by atoms with E-state index in [1.54, 1.807) is 13.2 Å². The number of ether oxygens (including phenoxy) is 1. The summed E-state index contributed by atoms with van der Waals surface area (Å²) in [7, 11) is 1.62. The van der Waals surface area contributed by atoms with Crippen molar-refractivity contribution in [3.63, 3.8) is 0 Å². The Balaban J connectivity index is 1.63. The molecule has 2 aromatic carbocycles. The van der Waals surface area contributed by atoms with Gasteiger partial charge in [-0.1, -0.05) is 35.9 Å². The zero-order chi connectivity index (χ0) is 17.6. The van der Waals surface area contributed by atoms with Crippen molar-refractivity contribution in [1.82, 2.24) is 4.98 Å². The minimum absolute atomic E-state index is 0.229. The number of hydrogen-bond donors (Lipinski definition) is 1. The lowest BCUT2D eigenvalue weighted by atomic mass is 10.2. The van der Waals surface area contributed by atoms with Crippen LogP contribution in [0.5, 0.6) is 5.75 Å². The maximum absolute atomic E-state index is 12.0. The van der Waals surface area contributed by atoms with Gasteiger partial charge in [-0.15, -0.1) is 11.3 Å². The van der Waals surface area contributed by atoms with Gasteiger partial charge in [-0.05, 0) is 35.9 Å². The smallest absolute Gasteiger partial charge is 0.250 e. The van der Waals surface area contributed by atoms with Crippen molar-refractivity contribution in [3.05, 3.63) is 70.6 Å². The van der Waals surface area contributed by atoms with Crippen molar-refractivity contribution < 1.29 is 9.53 Å². The van der Waals surface area contributed by atoms with Crippen LogP contribution in [0.3, 0.4) is 0 Å². The Morgan fingerprint density at radius 1 is 1.16 bits per heavy atom. The molecular formula is C19H15ClN2O2S. The maximum Gasteiger partial charge on any atom is 0.250 e. The van der Waals surface area contributed by atoms with Crippen LogP contribution in [-0.2, 0) is 4.79 Å². The van der Waals surface area contributed by atoms with Gasteiger partial charge in [0.1, 0.15) is 5.75 Å². The van der Waals surface area contributed by atoms with E-state index < -0.39 is 0 Å². The fraction of sp³-hybridized carbons (Fsp3) is 0.0526. The van der Waals surface area contributed by atoms with Gasteiger partial charge >= 0.3 is 0 Å². The van der Waals surface area contributed by atoms with E-state index in [0.717, 1.165) is 22.6 Å². The van der Waals surface area contributed by atoms with Gasteiger partial charge in [-0.2, -0.15) is 0 Å². The molecule has 3 rings (SSSR count). The number of nitrogens with one attached hydrogen (secondary N) is 1. The molecule has 0 fully saturated rings. The normalized spacial score (nSPS) is 10.8. The zero-order valence-corrected chi connectivity index (χ0v) is 15.0. The number of benzene rings is 2. The third-order valence-electron chi connectivity index (χ3n) is 3.42. The number of carbonyl (C=O) groups excluding carboxylic acids is 1. The first-order valence-electron chi connectivity index (χ1n) is 7.48. The highest BCUT2D eigenvalue weighted by molar-refractivity contribution is 7.14. The molecule has 0 aliphatic heterocycles. The molecule has 0 unspecified atom stereocenters. The van der Waals surface area contributed by atoms with Crippen LogP contribution in [0, 0.1) is 0 Å². The molecule has 126 valence electrons. The largest absolute Gasteiger partial charge is 0.497 e. The van der Waals surface area contributed by atoms with Crippen LogP contribution < -0.4 is 10.1 Å². The highest BCUT2D eigenvalue weighted by atomic mass is 35.5. The van der Waals surface area contributed by atoms with Gasteiger partial charge in [-0.25, -0.2) is 4.98 Å². The Morgan fingerprint density at radius 3 is 2.56 bits per heavy atom. The van der Waals surface area contributed by atoms with Crippen LogP contribution in [0.15, 0.2) is 60.0 Å². The van der Waals surface area contributed by atoms with Crippen LogP contribution in [-0.4, -0.2) is 18.0 Å². The molecule has 0 spiro atoms. The number of methoxy groups -OCH3 is 1. The van der Waals surface area contributed by atoms with Gasteiger partial charge in [0.25, 0.3) is 0 Å². The highest BCUT2D eigenvalue weighted by Crippen LogP contribution is 2.26. The van der Waals surface area contributed by atoms with Crippen LogP contribution in [0.1, 0.15) is 5.56 Å². The number of halogens is 1. The molecule has 0 saturated heterocycles. The van der Waals surface area contributed by atoms with Crippen LogP contribution >= 0.6 is 22.9 Å². The molecule has 0 aliphatic carbocycles. The first-order valence-corrected chi connectivity index (χ1v) is 8.74. The third-order valence-corrected chi connectivity index (χ3v) is 4.43. The molecular weight excluding hydrogens is 356 g/mol. The van der Waals surface area contributed by atoms with E-state index >= 15 is 0 Å². The van der Waals surface area contributed by atoms with Gasteiger partial charge in [-0.3, -0.25) is 10.1 Å². The Labute approximate surface area is 154 Å². The number of amides is 1. The van der Waals surface area contributed by atoms with E-state index in [1.807, 2.05) is 53.9 Å². The summed E-state index contributed by atoms with van der Waals surface area (Å²) in [6.45, 7) is 0. The summed E-state index contributed by atoms with van der Waals surface area (Å²) in [5.74, 6) is 0.548. The number of hydrogen-bond acceptors (Lipinski definition) is 4. The summed E-state index contributed by atoms with van der Waals surface area (Å²) in [6, 6.07) is 14.9. The van der Waals surface area contributed by atoms with Crippen molar-refractivity contribution in [3.8, 4) is 17.0 Å². The van der Waals surface area contributed by atoms with Crippen LogP contribution in [0.2, 0.25) is 5.02 Å². The predicted molar refractivity (Wildman–Crippen MR) is 103 cm³/mol. The average molecular weight is 371 g/mol. The second kappa shape index (κ2) is 7.96. The number of aromatic nitrogens is 1. The van der Waals surface area contributed by atoms with Crippen molar-refractivity contribution in [2.75, 3.05) is 12.4 Å². The number of thiazole rings is 1. The SMILES string of the molecule is COc1ccc(/C=C/C(=O)Nc2nc(-c3ccc(Cl)cc3)cs2)cc1. The number of anilines is 1. The minimum atomic E-state index is -0.229. The Morgan fingerprint density at radius 2 is 1.88 bits per heavy atom. The second-order valence-corrected chi connectivity index (χ2v) is 6.44. The molecule has 25 heavy (non-hydrogen) atoms. The van der Waals surface area contributed by atoms with Crippen molar-refractivity contribution >= 4 is 40.1 Å². The van der Waals surface area contributed by atoms with Gasteiger partial charge in [0, 0.05) is 22.0 Å². The summed E-state index contributed by atoms with van der Waals surface area (Å²) < 4.78 is 5.10. The lowest BCUT2D eigenvalue weighted by molar-refractivity contribution is -0.111. The van der Waals surface area contributed by atoms with Crippen molar-refractivity contribution in [2.24, 2.45) is 0 Å². The Bertz CT molecular complexity index is 887. The van der Waals surface area contributed by atoms with E-state index in [1.165, 1.54) is 17.4 Å². The molecule has 0 atom stereocenters. The van der Waals surface area contributed by atoms with E-state index in [4.69, 9.17) is 16.3 Å². The molecule has 1 aromatic heterocycles. The maximum atomic E-state index is 12.0. The first kappa shape index (κ1) is 17.2. The zero-order valence-electron chi connectivity index (χ0n) is 13.4. The highest BCUT2D eigenvalue weighted by Gasteiger charge is 2.06. The topological polar surface area (TPSA) is 51.2 Å². The first-order chi connectivity index (χ1) is 12.1. The van der Waals surface area contributed by atoms with Crippen LogP contribution in [0.25, 0.3) is 17.3 Å². The number of carbonyl (C=O) groups is 1. The standard InChI is InChI=1S/C19H15ClN2O2S/c1-24-16-9-2-13(3-10-16)4-11-18(23)22-19-21-17(12-25-19)14-5-7-15(20)8-6-14/h2-12H,1H3,(H,21,22,23)/b11-4+. The summed E-state index contributed by atoms with van der Waals surface area (Å²) in [5.41, 5.74) is 2.67. The number of rotatable bonds is 5. The summed E-state index contributed by atoms with van der Waals surface area (Å²) >= 11 is 7.26. The van der Waals surface area contributed by atoms with Gasteiger partial charge in [0.15, 0.2) is 5.13 Å². The van der Waals surface area contributed by atoms with E-state index in [0.29, 0.717) is 10.2 Å². The fourth-order valence-electron chi connectivity index (χ4n) is 2.12. The molecule has 0 bridgehead atoms. The molecule has 1 heterocycles. The molecule has 0 aliphatic rings. The summed E-state index contributed by atoms with van der Waals surface area (Å²) in [5, 5.41) is 5.89. The lowest BCUT2D eigenvalue weighted by Gasteiger charge is -1.99. The molecule has 3 aromatic rings. The number of nitrogens with zero attached hydrogens (tertiary/aromatic N) is 1. The molecule has 1 amide bonds. The van der Waals surface area contributed by atoms with Crippen molar-refractivity contribution in [1.29, 1.82) is 0 Å². The van der Waals surface area contributed by atoms with E-state index in [-0.39, 0.29) is 5.91 Å². The Hall–Kier alpha value is -2.63. The molecule has 0 saturated carbocycles. The molecule has 4 nitrogen and oxygen atoms in total. The average Bonchev–Trinajstić information content (AvgIpc) is 3.09. The Kier molecular flexibility index (Phi) is 5.48.